The Morgan fingerprint density at radius 3 is 2.54 bits per heavy atom. The van der Waals surface area contributed by atoms with Crippen molar-refractivity contribution in [2.75, 3.05) is 18.1 Å². The van der Waals surface area contributed by atoms with Crippen molar-refractivity contribution in [3.05, 3.63) is 42.0 Å². The van der Waals surface area contributed by atoms with Crippen LogP contribution in [0.5, 0.6) is 0 Å². The van der Waals surface area contributed by atoms with Crippen LogP contribution in [0.1, 0.15) is 44.2 Å². The van der Waals surface area contributed by atoms with E-state index in [1.807, 2.05) is 45.9 Å². The number of aliphatic hydroxyl groups is 1. The van der Waals surface area contributed by atoms with Gasteiger partial charge in [-0.3, -0.25) is 14.4 Å². The number of hydrogen-bond acceptors (Lipinski definition) is 5. The van der Waals surface area contributed by atoms with Crippen molar-refractivity contribution in [2.45, 2.75) is 70.7 Å². The van der Waals surface area contributed by atoms with E-state index in [4.69, 9.17) is 4.74 Å². The van der Waals surface area contributed by atoms with Crippen molar-refractivity contribution in [3.63, 3.8) is 0 Å². The largest absolute Gasteiger partial charge is 0.481 e. The molecule has 4 rings (SSSR count). The first-order valence-electron chi connectivity index (χ1n) is 12.5. The Morgan fingerprint density at radius 1 is 1.34 bits per heavy atom. The van der Waals surface area contributed by atoms with E-state index < -0.39 is 47.5 Å². The molecule has 0 unspecified atom stereocenters. The quantitative estimate of drug-likeness (QED) is 0.522. The summed E-state index contributed by atoms with van der Waals surface area (Å²) in [6, 6.07) is 4.13. The third kappa shape index (κ3) is 3.69. The van der Waals surface area contributed by atoms with Crippen molar-refractivity contribution in [1.82, 2.24) is 4.90 Å². The number of fused-ring (bicyclic) bond motifs is 1. The van der Waals surface area contributed by atoms with E-state index in [2.05, 4.69) is 6.58 Å². The molecule has 2 N–H and O–H groups in total. The van der Waals surface area contributed by atoms with E-state index in [0.717, 1.165) is 16.8 Å². The monoisotopic (exact) mass is 484 g/mol. The molecule has 1 aromatic carbocycles. The zero-order valence-electron chi connectivity index (χ0n) is 20.9. The number of carbonyl (C=O) groups excluding carboxylic acids is 2. The van der Waals surface area contributed by atoms with E-state index in [1.165, 1.54) is 4.90 Å². The van der Waals surface area contributed by atoms with E-state index in [-0.39, 0.29) is 25.0 Å². The average molecular weight is 485 g/mol. The molecule has 7 atom stereocenters. The van der Waals surface area contributed by atoms with Crippen LogP contribution >= 0.6 is 0 Å². The van der Waals surface area contributed by atoms with Gasteiger partial charge in [0.25, 0.3) is 5.91 Å². The summed E-state index contributed by atoms with van der Waals surface area (Å²) in [5.41, 5.74) is 1.34. The molecule has 3 aliphatic rings. The Kier molecular flexibility index (Phi) is 6.81. The van der Waals surface area contributed by atoms with Gasteiger partial charge in [-0.15, -0.1) is 6.58 Å². The maximum Gasteiger partial charge on any atom is 0.310 e. The topological polar surface area (TPSA) is 107 Å². The van der Waals surface area contributed by atoms with Crippen LogP contribution in [-0.2, 0) is 19.1 Å². The van der Waals surface area contributed by atoms with Gasteiger partial charge < -0.3 is 24.7 Å². The number of aliphatic hydroxyl groups excluding tert-OH is 1. The molecule has 8 nitrogen and oxygen atoms in total. The molecule has 2 amide bonds. The lowest BCUT2D eigenvalue weighted by Crippen LogP contribution is -2.60. The molecule has 8 heteroatoms. The van der Waals surface area contributed by atoms with Gasteiger partial charge in [0.15, 0.2) is 0 Å². The number of aliphatic carboxylic acids is 1. The summed E-state index contributed by atoms with van der Waals surface area (Å²) in [5.74, 6) is -3.85. The SMILES string of the molecule is C=CCN(C(=O)[C@@H]1N([C@@H](CO)[C@@H](C)CC)C(=O)[C@H]2[C@H](C(=O)O)[C@@H]3CC[C@]12O3)c1c(C)cccc1C. The maximum absolute atomic E-state index is 14.5. The number of rotatable bonds is 9. The highest BCUT2D eigenvalue weighted by atomic mass is 16.5. The predicted molar refractivity (Wildman–Crippen MR) is 131 cm³/mol. The lowest BCUT2D eigenvalue weighted by atomic mass is 9.70. The fourth-order valence-electron chi connectivity index (χ4n) is 6.62. The smallest absolute Gasteiger partial charge is 0.310 e. The van der Waals surface area contributed by atoms with Crippen molar-refractivity contribution >= 4 is 23.5 Å². The van der Waals surface area contributed by atoms with Gasteiger partial charge >= 0.3 is 5.97 Å². The molecule has 190 valence electrons. The van der Waals surface area contributed by atoms with Crippen LogP contribution in [0.3, 0.4) is 0 Å². The molecule has 3 fully saturated rings. The summed E-state index contributed by atoms with van der Waals surface area (Å²) in [6.07, 6.45) is 2.65. The lowest BCUT2D eigenvalue weighted by molar-refractivity contribution is -0.151. The van der Waals surface area contributed by atoms with Gasteiger partial charge in [0.1, 0.15) is 11.6 Å². The molecular weight excluding hydrogens is 448 g/mol. The number of amides is 2. The van der Waals surface area contributed by atoms with Gasteiger partial charge in [-0.2, -0.15) is 0 Å². The Labute approximate surface area is 206 Å². The number of benzene rings is 1. The van der Waals surface area contributed by atoms with Gasteiger partial charge in [0.05, 0.1) is 30.6 Å². The van der Waals surface area contributed by atoms with E-state index in [0.29, 0.717) is 19.3 Å². The van der Waals surface area contributed by atoms with Crippen LogP contribution in [0.4, 0.5) is 5.69 Å². The van der Waals surface area contributed by atoms with E-state index >= 15 is 0 Å². The Hall–Kier alpha value is -2.71. The van der Waals surface area contributed by atoms with Crippen LogP contribution in [-0.4, -0.2) is 69.8 Å². The van der Waals surface area contributed by atoms with Gasteiger partial charge in [0.2, 0.25) is 5.91 Å². The van der Waals surface area contributed by atoms with Crippen LogP contribution in [0, 0.1) is 31.6 Å². The van der Waals surface area contributed by atoms with Gasteiger partial charge in [0, 0.05) is 12.2 Å². The molecule has 0 saturated carbocycles. The molecule has 2 bridgehead atoms. The zero-order chi connectivity index (χ0) is 25.7. The third-order valence-corrected chi connectivity index (χ3v) is 8.39. The molecule has 3 heterocycles. The number of likely N-dealkylation sites (tertiary alicyclic amines) is 1. The Balaban J connectivity index is 1.88. The molecular formula is C27H36N2O6. The van der Waals surface area contributed by atoms with Gasteiger partial charge in [-0.05, 0) is 43.7 Å². The van der Waals surface area contributed by atoms with Crippen LogP contribution in [0.15, 0.2) is 30.9 Å². The zero-order valence-corrected chi connectivity index (χ0v) is 20.9. The number of carboxylic acids is 1. The summed E-state index contributed by atoms with van der Waals surface area (Å²) in [6.45, 7) is 11.5. The van der Waals surface area contributed by atoms with E-state index in [9.17, 15) is 24.6 Å². The molecule has 35 heavy (non-hydrogen) atoms. The number of carbonyl (C=O) groups is 3. The molecule has 1 spiro atoms. The Morgan fingerprint density at radius 2 is 2.00 bits per heavy atom. The number of carboxylic acid groups (broad SMARTS) is 1. The van der Waals surface area contributed by atoms with Crippen molar-refractivity contribution in [3.8, 4) is 0 Å². The summed E-state index contributed by atoms with van der Waals surface area (Å²) >= 11 is 0. The summed E-state index contributed by atoms with van der Waals surface area (Å²) in [7, 11) is 0. The normalized spacial score (nSPS) is 30.8. The van der Waals surface area contributed by atoms with E-state index in [1.54, 1.807) is 11.0 Å². The second-order valence-corrected chi connectivity index (χ2v) is 10.3. The number of hydrogen-bond donors (Lipinski definition) is 2. The second kappa shape index (κ2) is 9.39. The minimum atomic E-state index is -1.22. The van der Waals surface area contributed by atoms with Crippen LogP contribution in [0.25, 0.3) is 0 Å². The fourth-order valence-corrected chi connectivity index (χ4v) is 6.62. The molecule has 3 aliphatic heterocycles. The Bertz CT molecular complexity index is 1020. The number of nitrogens with zero attached hydrogens (tertiary/aromatic N) is 2. The lowest BCUT2D eigenvalue weighted by Gasteiger charge is -2.41. The third-order valence-electron chi connectivity index (χ3n) is 8.39. The first-order valence-corrected chi connectivity index (χ1v) is 12.5. The fraction of sp³-hybridized carbons (Fsp3) is 0.593. The summed E-state index contributed by atoms with van der Waals surface area (Å²) < 4.78 is 6.33. The number of aryl methyl sites for hydroxylation is 2. The first-order chi connectivity index (χ1) is 16.6. The van der Waals surface area contributed by atoms with Gasteiger partial charge in [-0.25, -0.2) is 0 Å². The van der Waals surface area contributed by atoms with Crippen molar-refractivity contribution in [1.29, 1.82) is 0 Å². The highest BCUT2D eigenvalue weighted by molar-refractivity contribution is 6.05. The highest BCUT2D eigenvalue weighted by Crippen LogP contribution is 2.59. The maximum atomic E-state index is 14.5. The second-order valence-electron chi connectivity index (χ2n) is 10.3. The molecule has 0 aromatic heterocycles. The molecule has 1 aromatic rings. The number of anilines is 1. The predicted octanol–water partition coefficient (Wildman–Crippen LogP) is 2.69. The molecule has 3 saturated heterocycles. The van der Waals surface area contributed by atoms with Crippen molar-refractivity contribution in [2.24, 2.45) is 17.8 Å². The van der Waals surface area contributed by atoms with Crippen LogP contribution < -0.4 is 4.90 Å². The summed E-state index contributed by atoms with van der Waals surface area (Å²) in [4.78, 5) is 43.8. The average Bonchev–Trinajstić information content (AvgIpc) is 3.46. The number of ether oxygens (including phenoxy) is 1. The first kappa shape index (κ1) is 25.4. The minimum absolute atomic E-state index is 0.0944. The summed E-state index contributed by atoms with van der Waals surface area (Å²) in [5, 5.41) is 20.4. The molecule has 0 aliphatic carbocycles. The van der Waals surface area contributed by atoms with Crippen molar-refractivity contribution < 1.29 is 29.3 Å². The van der Waals surface area contributed by atoms with Gasteiger partial charge in [-0.1, -0.05) is 44.5 Å². The van der Waals surface area contributed by atoms with Crippen LogP contribution in [0.2, 0.25) is 0 Å². The standard InChI is InChI=1S/C27H36N2O6/c1-6-13-28(22-16(4)9-8-10-17(22)5)25(32)23-27-12-11-19(35-27)20(26(33)34)21(27)24(31)29(23)18(14-30)15(3)7-2/h6,8-10,15,18-21,23,30H,1,7,11-14H2,2-5H3,(H,33,34)/t15-,18-,19-,20+,21+,23-,27+/m0/s1. The molecule has 0 radical (unpaired) electrons. The number of para-hydroxylation sites is 1. The highest BCUT2D eigenvalue weighted by Gasteiger charge is 2.75. The minimum Gasteiger partial charge on any atom is -0.481 e.